The molecule has 1 aliphatic heterocycles. The van der Waals surface area contributed by atoms with E-state index < -0.39 is 0 Å². The van der Waals surface area contributed by atoms with E-state index in [2.05, 4.69) is 15.2 Å². The third-order valence-corrected chi connectivity index (χ3v) is 5.53. The van der Waals surface area contributed by atoms with E-state index in [1.165, 1.54) is 6.07 Å². The van der Waals surface area contributed by atoms with Gasteiger partial charge in [0.15, 0.2) is 0 Å². The second-order valence-corrected chi connectivity index (χ2v) is 7.28. The molecule has 1 saturated heterocycles. The van der Waals surface area contributed by atoms with Crippen LogP contribution in [0.4, 0.5) is 4.39 Å². The van der Waals surface area contributed by atoms with Gasteiger partial charge in [-0.3, -0.25) is 4.79 Å². The number of hydrogen-bond acceptors (Lipinski definition) is 5. The van der Waals surface area contributed by atoms with Crippen molar-refractivity contribution in [3.63, 3.8) is 0 Å². The standard InChI is InChI=1S/C19H15FN4O2S/c20-13-3-1-4-14-12(13)9-15(21-14)19(25)24-7-2-5-16(24)18-23-22-17(26-18)11-6-8-27-10-11/h1,3-4,6,8-10,16,21H,2,5,7H2/t16-/m0/s1. The third-order valence-electron chi connectivity index (χ3n) is 4.85. The summed E-state index contributed by atoms with van der Waals surface area (Å²) >= 11 is 1.55. The van der Waals surface area contributed by atoms with E-state index in [1.54, 1.807) is 34.4 Å². The molecule has 4 aromatic rings. The normalized spacial score (nSPS) is 17.1. The zero-order valence-electron chi connectivity index (χ0n) is 14.2. The topological polar surface area (TPSA) is 75.0 Å². The molecule has 0 unspecified atom stereocenters. The van der Waals surface area contributed by atoms with Gasteiger partial charge in [-0.1, -0.05) is 6.07 Å². The number of nitrogens with zero attached hydrogens (tertiary/aromatic N) is 3. The van der Waals surface area contributed by atoms with Crippen LogP contribution in [0.15, 0.2) is 45.5 Å². The molecule has 5 rings (SSSR count). The van der Waals surface area contributed by atoms with Crippen molar-refractivity contribution in [1.82, 2.24) is 20.1 Å². The number of carbonyl (C=O) groups excluding carboxylic acids is 1. The summed E-state index contributed by atoms with van der Waals surface area (Å²) in [7, 11) is 0. The van der Waals surface area contributed by atoms with E-state index in [0.29, 0.717) is 34.9 Å². The Morgan fingerprint density at radius 2 is 2.26 bits per heavy atom. The molecule has 3 aromatic heterocycles. The number of nitrogens with one attached hydrogen (secondary N) is 1. The first-order valence-electron chi connectivity index (χ1n) is 8.65. The fourth-order valence-corrected chi connectivity index (χ4v) is 4.16. The first kappa shape index (κ1) is 16.2. The smallest absolute Gasteiger partial charge is 0.270 e. The van der Waals surface area contributed by atoms with Crippen molar-refractivity contribution >= 4 is 28.1 Å². The molecule has 0 saturated carbocycles. The van der Waals surface area contributed by atoms with Gasteiger partial charge in [0, 0.05) is 28.4 Å². The van der Waals surface area contributed by atoms with Crippen molar-refractivity contribution in [2.24, 2.45) is 0 Å². The van der Waals surface area contributed by atoms with Crippen LogP contribution in [-0.2, 0) is 0 Å². The number of H-pyrrole nitrogens is 1. The summed E-state index contributed by atoms with van der Waals surface area (Å²) in [4.78, 5) is 17.8. The number of carbonyl (C=O) groups is 1. The van der Waals surface area contributed by atoms with Gasteiger partial charge in [0.1, 0.15) is 17.6 Å². The van der Waals surface area contributed by atoms with Crippen LogP contribution in [0.1, 0.15) is 35.3 Å². The Bertz CT molecular complexity index is 1120. The van der Waals surface area contributed by atoms with Gasteiger partial charge in [0.2, 0.25) is 11.8 Å². The van der Waals surface area contributed by atoms with Crippen molar-refractivity contribution in [2.75, 3.05) is 6.54 Å². The Balaban J connectivity index is 1.45. The van der Waals surface area contributed by atoms with Gasteiger partial charge in [0.25, 0.3) is 5.91 Å². The minimum Gasteiger partial charge on any atom is -0.418 e. The predicted molar refractivity (Wildman–Crippen MR) is 98.9 cm³/mol. The molecule has 1 amide bonds. The number of aromatic amines is 1. The lowest BCUT2D eigenvalue weighted by Crippen LogP contribution is -2.31. The molecule has 4 heterocycles. The third kappa shape index (κ3) is 2.73. The fourth-order valence-electron chi connectivity index (χ4n) is 3.53. The van der Waals surface area contributed by atoms with E-state index in [-0.39, 0.29) is 17.8 Å². The SMILES string of the molecule is O=C(c1cc2c(F)cccc2[nH]1)N1CCC[C@H]1c1nnc(-c2ccsc2)o1. The minimum atomic E-state index is -0.349. The Kier molecular flexibility index (Phi) is 3.78. The molecule has 6 nitrogen and oxygen atoms in total. The highest BCUT2D eigenvalue weighted by Crippen LogP contribution is 2.34. The van der Waals surface area contributed by atoms with Crippen molar-refractivity contribution in [2.45, 2.75) is 18.9 Å². The second kappa shape index (κ2) is 6.31. The van der Waals surface area contributed by atoms with Crippen LogP contribution in [0.3, 0.4) is 0 Å². The summed E-state index contributed by atoms with van der Waals surface area (Å²) in [6, 6.07) is 7.96. The van der Waals surface area contributed by atoms with E-state index >= 15 is 0 Å². The summed E-state index contributed by atoms with van der Waals surface area (Å²) in [5.41, 5.74) is 1.84. The predicted octanol–water partition coefficient (Wildman–Crippen LogP) is 4.40. The number of aromatic nitrogens is 3. The van der Waals surface area contributed by atoms with Crippen molar-refractivity contribution in [3.8, 4) is 11.5 Å². The maximum absolute atomic E-state index is 13.9. The highest BCUT2D eigenvalue weighted by atomic mass is 32.1. The lowest BCUT2D eigenvalue weighted by molar-refractivity contribution is 0.0711. The van der Waals surface area contributed by atoms with Gasteiger partial charge in [0.05, 0.1) is 0 Å². The van der Waals surface area contributed by atoms with E-state index in [1.807, 2.05) is 16.8 Å². The minimum absolute atomic E-state index is 0.191. The highest BCUT2D eigenvalue weighted by molar-refractivity contribution is 7.08. The summed E-state index contributed by atoms with van der Waals surface area (Å²) in [5, 5.41) is 12.6. The Morgan fingerprint density at radius 3 is 3.07 bits per heavy atom. The van der Waals surface area contributed by atoms with Crippen molar-refractivity contribution in [3.05, 3.63) is 58.5 Å². The largest absolute Gasteiger partial charge is 0.418 e. The number of hydrogen-bond donors (Lipinski definition) is 1. The van der Waals surface area contributed by atoms with Gasteiger partial charge in [-0.2, -0.15) is 11.3 Å². The molecule has 0 aliphatic carbocycles. The molecule has 1 atom stereocenters. The molecule has 0 radical (unpaired) electrons. The highest BCUT2D eigenvalue weighted by Gasteiger charge is 2.35. The maximum atomic E-state index is 13.9. The zero-order valence-corrected chi connectivity index (χ0v) is 15.0. The number of rotatable bonds is 3. The van der Waals surface area contributed by atoms with E-state index in [4.69, 9.17) is 4.42 Å². The molecular formula is C19H15FN4O2S. The maximum Gasteiger partial charge on any atom is 0.270 e. The average molecular weight is 382 g/mol. The number of halogens is 1. The number of thiophene rings is 1. The quantitative estimate of drug-likeness (QED) is 0.570. The van der Waals surface area contributed by atoms with Crippen molar-refractivity contribution in [1.29, 1.82) is 0 Å². The van der Waals surface area contributed by atoms with E-state index in [0.717, 1.165) is 18.4 Å². The molecule has 136 valence electrons. The van der Waals surface area contributed by atoms with Crippen LogP contribution in [-0.4, -0.2) is 32.5 Å². The second-order valence-electron chi connectivity index (χ2n) is 6.50. The molecule has 1 N–H and O–H groups in total. The number of benzene rings is 1. The molecule has 8 heteroatoms. The lowest BCUT2D eigenvalue weighted by atomic mass is 10.2. The Hall–Kier alpha value is -3.00. The monoisotopic (exact) mass is 382 g/mol. The molecule has 0 spiro atoms. The van der Waals surface area contributed by atoms with Crippen LogP contribution >= 0.6 is 11.3 Å². The van der Waals surface area contributed by atoms with Gasteiger partial charge in [-0.05, 0) is 42.5 Å². The van der Waals surface area contributed by atoms with Crippen LogP contribution in [0.25, 0.3) is 22.4 Å². The van der Waals surface area contributed by atoms with E-state index in [9.17, 15) is 9.18 Å². The Labute approximate surface area is 157 Å². The molecular weight excluding hydrogens is 367 g/mol. The first-order valence-corrected chi connectivity index (χ1v) is 9.59. The Morgan fingerprint density at radius 1 is 1.33 bits per heavy atom. The average Bonchev–Trinajstić information content (AvgIpc) is 3.47. The van der Waals surface area contributed by atoms with Crippen LogP contribution in [0.2, 0.25) is 0 Å². The molecule has 0 bridgehead atoms. The van der Waals surface area contributed by atoms with Gasteiger partial charge in [-0.25, -0.2) is 4.39 Å². The van der Waals surface area contributed by atoms with Gasteiger partial charge >= 0.3 is 0 Å². The number of fused-ring (bicyclic) bond motifs is 1. The van der Waals surface area contributed by atoms with Crippen LogP contribution in [0, 0.1) is 5.82 Å². The summed E-state index contributed by atoms with van der Waals surface area (Å²) < 4.78 is 19.8. The number of likely N-dealkylation sites (tertiary alicyclic amines) is 1. The summed E-state index contributed by atoms with van der Waals surface area (Å²) in [6.45, 7) is 0.595. The first-order chi connectivity index (χ1) is 13.2. The molecule has 1 aromatic carbocycles. The summed E-state index contributed by atoms with van der Waals surface area (Å²) in [6.07, 6.45) is 1.60. The lowest BCUT2D eigenvalue weighted by Gasteiger charge is -2.21. The molecule has 1 aliphatic rings. The zero-order chi connectivity index (χ0) is 18.4. The van der Waals surface area contributed by atoms with Gasteiger partial charge in [-0.15, -0.1) is 10.2 Å². The fraction of sp³-hybridized carbons (Fsp3) is 0.211. The van der Waals surface area contributed by atoms with Crippen molar-refractivity contribution < 1.29 is 13.6 Å². The molecule has 27 heavy (non-hydrogen) atoms. The number of amides is 1. The summed E-state index contributed by atoms with van der Waals surface area (Å²) in [5.74, 6) is 0.351. The van der Waals surface area contributed by atoms with Crippen LogP contribution in [0.5, 0.6) is 0 Å². The van der Waals surface area contributed by atoms with Crippen LogP contribution < -0.4 is 0 Å². The molecule has 1 fully saturated rings. The van der Waals surface area contributed by atoms with Gasteiger partial charge < -0.3 is 14.3 Å².